The molecule has 0 spiro atoms. The number of rotatable bonds is 3. The van der Waals surface area contributed by atoms with Gasteiger partial charge in [0.25, 0.3) is 5.91 Å². The number of carbonyl (C=O) groups is 1. The van der Waals surface area contributed by atoms with Crippen LogP contribution in [0.1, 0.15) is 23.2 Å². The minimum atomic E-state index is 0.0569. The smallest absolute Gasteiger partial charge is 0.256 e. The molecular weight excluding hydrogens is 356 g/mol. The molecule has 3 aromatic rings. The molecule has 0 N–H and O–H groups in total. The molecule has 0 atom stereocenters. The van der Waals surface area contributed by atoms with Crippen molar-refractivity contribution in [1.82, 2.24) is 9.88 Å². The van der Waals surface area contributed by atoms with Crippen LogP contribution < -0.4 is 4.74 Å². The van der Waals surface area contributed by atoms with Gasteiger partial charge in [-0.3, -0.25) is 4.79 Å². The highest BCUT2D eigenvalue weighted by molar-refractivity contribution is 7.16. The van der Waals surface area contributed by atoms with Gasteiger partial charge >= 0.3 is 0 Å². The van der Waals surface area contributed by atoms with Crippen LogP contribution in [0, 0.1) is 0 Å². The molecule has 0 unspecified atom stereocenters. The van der Waals surface area contributed by atoms with Crippen LogP contribution in [0.5, 0.6) is 5.75 Å². The van der Waals surface area contributed by atoms with E-state index < -0.39 is 0 Å². The number of aromatic nitrogens is 1. The number of halogens is 1. The van der Waals surface area contributed by atoms with E-state index in [1.165, 1.54) is 0 Å². The Labute approximate surface area is 155 Å². The molecule has 0 saturated carbocycles. The fourth-order valence-electron chi connectivity index (χ4n) is 3.11. The number of piperidine rings is 1. The minimum Gasteiger partial charge on any atom is -0.490 e. The first kappa shape index (κ1) is 16.4. The molecule has 4 nitrogen and oxygen atoms in total. The van der Waals surface area contributed by atoms with E-state index in [-0.39, 0.29) is 12.0 Å². The predicted octanol–water partition coefficient (Wildman–Crippen LogP) is 4.63. The van der Waals surface area contributed by atoms with Gasteiger partial charge < -0.3 is 9.64 Å². The maximum absolute atomic E-state index is 12.8. The summed E-state index contributed by atoms with van der Waals surface area (Å²) in [5, 5.41) is 0.698. The maximum Gasteiger partial charge on any atom is 0.256 e. The number of hydrogen-bond donors (Lipinski definition) is 0. The number of nitrogens with zero attached hydrogens (tertiary/aromatic N) is 2. The third-order valence-corrected chi connectivity index (χ3v) is 5.48. The van der Waals surface area contributed by atoms with Crippen LogP contribution in [0.25, 0.3) is 10.2 Å². The first-order valence-corrected chi connectivity index (χ1v) is 9.50. The fraction of sp³-hybridized carbons (Fsp3) is 0.263. The van der Waals surface area contributed by atoms with Crippen molar-refractivity contribution in [2.24, 2.45) is 0 Å². The van der Waals surface area contributed by atoms with Crippen molar-refractivity contribution in [2.45, 2.75) is 18.9 Å². The average Bonchev–Trinajstić information content (AvgIpc) is 3.12. The molecule has 2 heterocycles. The van der Waals surface area contributed by atoms with Gasteiger partial charge in [-0.1, -0.05) is 17.7 Å². The van der Waals surface area contributed by atoms with Crippen LogP contribution in [0.15, 0.2) is 48.0 Å². The Morgan fingerprint density at radius 3 is 2.68 bits per heavy atom. The lowest BCUT2D eigenvalue weighted by Crippen LogP contribution is -2.41. The van der Waals surface area contributed by atoms with Gasteiger partial charge in [-0.15, -0.1) is 11.3 Å². The number of hydrogen-bond acceptors (Lipinski definition) is 4. The van der Waals surface area contributed by atoms with Crippen molar-refractivity contribution in [1.29, 1.82) is 0 Å². The summed E-state index contributed by atoms with van der Waals surface area (Å²) < 4.78 is 7.04. The van der Waals surface area contributed by atoms with Gasteiger partial charge in [-0.25, -0.2) is 4.98 Å². The number of fused-ring (bicyclic) bond motifs is 1. The summed E-state index contributed by atoms with van der Waals surface area (Å²) in [6.07, 6.45) is 1.77. The Bertz CT molecular complexity index is 886. The lowest BCUT2D eigenvalue weighted by atomic mass is 10.1. The zero-order valence-electron chi connectivity index (χ0n) is 13.5. The quantitative estimate of drug-likeness (QED) is 0.673. The number of amides is 1. The number of thiazole rings is 1. The predicted molar refractivity (Wildman–Crippen MR) is 101 cm³/mol. The number of ether oxygens (including phenoxy) is 1. The zero-order chi connectivity index (χ0) is 17.2. The third-order valence-electron chi connectivity index (χ3n) is 4.44. The topological polar surface area (TPSA) is 42.4 Å². The van der Waals surface area contributed by atoms with Crippen LogP contribution in [0.2, 0.25) is 5.02 Å². The summed E-state index contributed by atoms with van der Waals surface area (Å²) in [5.41, 5.74) is 3.28. The normalized spacial score (nSPS) is 15.5. The Hall–Kier alpha value is -2.11. The Balaban J connectivity index is 1.40. The first-order chi connectivity index (χ1) is 12.2. The van der Waals surface area contributed by atoms with Gasteiger partial charge in [-0.05, 0) is 36.4 Å². The van der Waals surface area contributed by atoms with E-state index in [1.54, 1.807) is 16.8 Å². The van der Waals surface area contributed by atoms with E-state index in [0.717, 1.165) is 28.8 Å². The van der Waals surface area contributed by atoms with E-state index in [2.05, 4.69) is 4.98 Å². The van der Waals surface area contributed by atoms with Crippen molar-refractivity contribution in [3.05, 3.63) is 58.6 Å². The van der Waals surface area contributed by atoms with Crippen LogP contribution >= 0.6 is 22.9 Å². The Morgan fingerprint density at radius 1 is 1.16 bits per heavy atom. The zero-order valence-corrected chi connectivity index (χ0v) is 15.1. The summed E-state index contributed by atoms with van der Waals surface area (Å²) >= 11 is 7.45. The second kappa shape index (κ2) is 7.02. The standard InChI is InChI=1S/C19H17ClN2O2S/c20-13-4-6-14(7-5-13)24-15-8-10-22(11-9-15)19(23)16-2-1-3-17-18(16)21-12-25-17/h1-7,12,15H,8-11H2. The molecule has 0 bridgehead atoms. The van der Waals surface area contributed by atoms with Crippen molar-refractivity contribution >= 4 is 39.1 Å². The molecule has 1 aromatic heterocycles. The summed E-state index contributed by atoms with van der Waals surface area (Å²) in [4.78, 5) is 19.1. The van der Waals surface area contributed by atoms with Crippen LogP contribution in [-0.2, 0) is 0 Å². The molecule has 1 aliphatic rings. The Kier molecular flexibility index (Phi) is 4.59. The largest absolute Gasteiger partial charge is 0.490 e. The fourth-order valence-corrected chi connectivity index (χ4v) is 3.94. The molecule has 4 rings (SSSR count). The monoisotopic (exact) mass is 372 g/mol. The maximum atomic E-state index is 12.8. The van der Waals surface area contributed by atoms with Gasteiger partial charge in [0.2, 0.25) is 0 Å². The molecule has 1 fully saturated rings. The minimum absolute atomic E-state index is 0.0569. The van der Waals surface area contributed by atoms with E-state index in [1.807, 2.05) is 47.4 Å². The summed E-state index contributed by atoms with van der Waals surface area (Å²) in [7, 11) is 0. The van der Waals surface area contributed by atoms with Gasteiger partial charge in [0.15, 0.2) is 0 Å². The molecule has 1 aliphatic heterocycles. The lowest BCUT2D eigenvalue weighted by molar-refractivity contribution is 0.0597. The second-order valence-corrected chi connectivity index (χ2v) is 7.39. The van der Waals surface area contributed by atoms with Gasteiger partial charge in [-0.2, -0.15) is 0 Å². The van der Waals surface area contributed by atoms with Gasteiger partial charge in [0, 0.05) is 31.0 Å². The van der Waals surface area contributed by atoms with Crippen molar-refractivity contribution in [3.63, 3.8) is 0 Å². The number of likely N-dealkylation sites (tertiary alicyclic amines) is 1. The number of para-hydroxylation sites is 1. The molecular formula is C19H17ClN2O2S. The van der Waals surface area contributed by atoms with Crippen molar-refractivity contribution in [2.75, 3.05) is 13.1 Å². The molecule has 6 heteroatoms. The highest BCUT2D eigenvalue weighted by Crippen LogP contribution is 2.25. The van der Waals surface area contributed by atoms with E-state index >= 15 is 0 Å². The molecule has 1 saturated heterocycles. The summed E-state index contributed by atoms with van der Waals surface area (Å²) in [6.45, 7) is 1.38. The highest BCUT2D eigenvalue weighted by atomic mass is 35.5. The number of benzene rings is 2. The third kappa shape index (κ3) is 3.48. The van der Waals surface area contributed by atoms with Crippen molar-refractivity contribution < 1.29 is 9.53 Å². The van der Waals surface area contributed by atoms with Gasteiger partial charge in [0.05, 0.1) is 21.3 Å². The highest BCUT2D eigenvalue weighted by Gasteiger charge is 2.26. The van der Waals surface area contributed by atoms with Gasteiger partial charge in [0.1, 0.15) is 11.9 Å². The lowest BCUT2D eigenvalue weighted by Gasteiger charge is -2.32. The molecule has 0 radical (unpaired) electrons. The molecule has 128 valence electrons. The molecule has 0 aliphatic carbocycles. The van der Waals surface area contributed by atoms with Crippen LogP contribution in [0.4, 0.5) is 0 Å². The van der Waals surface area contributed by atoms with E-state index in [4.69, 9.17) is 16.3 Å². The summed E-state index contributed by atoms with van der Waals surface area (Å²) in [6, 6.07) is 13.2. The molecule has 1 amide bonds. The average molecular weight is 373 g/mol. The van der Waals surface area contributed by atoms with E-state index in [0.29, 0.717) is 23.7 Å². The molecule has 2 aromatic carbocycles. The number of carbonyl (C=O) groups excluding carboxylic acids is 1. The van der Waals surface area contributed by atoms with Crippen LogP contribution in [0.3, 0.4) is 0 Å². The summed E-state index contributed by atoms with van der Waals surface area (Å²) in [5.74, 6) is 0.878. The van der Waals surface area contributed by atoms with Crippen molar-refractivity contribution in [3.8, 4) is 5.75 Å². The van der Waals surface area contributed by atoms with Crippen LogP contribution in [-0.4, -0.2) is 35.0 Å². The SMILES string of the molecule is O=C(c1cccc2scnc12)N1CCC(Oc2ccc(Cl)cc2)CC1. The Morgan fingerprint density at radius 2 is 1.92 bits per heavy atom. The van der Waals surface area contributed by atoms with E-state index in [9.17, 15) is 4.79 Å². The second-order valence-electron chi connectivity index (χ2n) is 6.07. The first-order valence-electron chi connectivity index (χ1n) is 8.24. The molecule has 25 heavy (non-hydrogen) atoms.